The second-order valence-electron chi connectivity index (χ2n) is 5.66. The molecule has 1 heterocycles. The molecule has 0 aliphatic rings. The van der Waals surface area contributed by atoms with Crippen LogP contribution in [0, 0.1) is 12.3 Å². The normalized spacial score (nSPS) is 11.6. The van der Waals surface area contributed by atoms with E-state index in [2.05, 4.69) is 43.0 Å². The number of rotatable bonds is 4. The molecular weight excluding hydrogens is 212 g/mol. The van der Waals surface area contributed by atoms with Crippen LogP contribution in [0.3, 0.4) is 0 Å². The summed E-state index contributed by atoms with van der Waals surface area (Å²) in [5, 5.41) is 3.36. The second-order valence-corrected chi connectivity index (χ2v) is 5.66. The Hall–Kier alpha value is -1.32. The number of hydrogen-bond donors (Lipinski definition) is 2. The van der Waals surface area contributed by atoms with E-state index in [0.717, 1.165) is 36.6 Å². The van der Waals surface area contributed by atoms with E-state index < -0.39 is 0 Å². The Bertz CT molecular complexity index is 380. The molecular formula is C13H24N4. The second kappa shape index (κ2) is 5.34. The Morgan fingerprint density at radius 2 is 1.88 bits per heavy atom. The molecule has 0 aromatic carbocycles. The average molecular weight is 236 g/mol. The highest BCUT2D eigenvalue weighted by Crippen LogP contribution is 2.20. The largest absolute Gasteiger partial charge is 0.383 e. The first-order valence-electron chi connectivity index (χ1n) is 6.20. The molecule has 0 bridgehead atoms. The van der Waals surface area contributed by atoms with Gasteiger partial charge >= 0.3 is 0 Å². The number of nitrogens with zero attached hydrogens (tertiary/aromatic N) is 2. The van der Waals surface area contributed by atoms with Gasteiger partial charge in [-0.1, -0.05) is 27.7 Å². The van der Waals surface area contributed by atoms with Crippen molar-refractivity contribution in [3.63, 3.8) is 0 Å². The summed E-state index contributed by atoms with van der Waals surface area (Å²) >= 11 is 0. The van der Waals surface area contributed by atoms with Crippen molar-refractivity contribution < 1.29 is 0 Å². The Labute approximate surface area is 104 Å². The number of hydrogen-bond acceptors (Lipinski definition) is 4. The van der Waals surface area contributed by atoms with Gasteiger partial charge < -0.3 is 11.1 Å². The van der Waals surface area contributed by atoms with Crippen LogP contribution >= 0.6 is 0 Å². The quantitative estimate of drug-likeness (QED) is 0.843. The maximum absolute atomic E-state index is 5.90. The Balaban J connectivity index is 2.89. The van der Waals surface area contributed by atoms with Gasteiger partial charge in [0.1, 0.15) is 17.5 Å². The molecule has 4 nitrogen and oxygen atoms in total. The van der Waals surface area contributed by atoms with Gasteiger partial charge in [-0.2, -0.15) is 0 Å². The lowest BCUT2D eigenvalue weighted by Gasteiger charge is -2.20. The molecule has 3 N–H and O–H groups in total. The third-order valence-electron chi connectivity index (χ3n) is 2.49. The predicted molar refractivity (Wildman–Crippen MR) is 73.1 cm³/mol. The van der Waals surface area contributed by atoms with Gasteiger partial charge in [0.2, 0.25) is 0 Å². The van der Waals surface area contributed by atoms with Crippen LogP contribution in [-0.2, 0) is 6.42 Å². The van der Waals surface area contributed by atoms with Crippen LogP contribution in [0.1, 0.15) is 45.5 Å². The van der Waals surface area contributed by atoms with Crippen LogP contribution < -0.4 is 11.1 Å². The molecule has 0 radical (unpaired) electrons. The van der Waals surface area contributed by atoms with Gasteiger partial charge in [-0.3, -0.25) is 0 Å². The first-order valence-corrected chi connectivity index (χ1v) is 6.20. The number of nitrogens with two attached hydrogens (primary N) is 1. The predicted octanol–water partition coefficient (Wildman–Crippen LogP) is 2.78. The maximum atomic E-state index is 5.90. The Morgan fingerprint density at radius 3 is 2.41 bits per heavy atom. The summed E-state index contributed by atoms with van der Waals surface area (Å²) in [6.07, 6.45) is 1.90. The molecule has 0 aliphatic heterocycles. The fraction of sp³-hybridized carbons (Fsp3) is 0.692. The molecule has 17 heavy (non-hydrogen) atoms. The molecule has 0 spiro atoms. The van der Waals surface area contributed by atoms with Crippen molar-refractivity contribution in [2.75, 3.05) is 17.6 Å². The number of anilines is 2. The fourth-order valence-electron chi connectivity index (χ4n) is 1.44. The van der Waals surface area contributed by atoms with Crippen LogP contribution in [0.4, 0.5) is 11.6 Å². The van der Waals surface area contributed by atoms with Crippen LogP contribution in [0.15, 0.2) is 0 Å². The van der Waals surface area contributed by atoms with E-state index in [1.165, 1.54) is 0 Å². The van der Waals surface area contributed by atoms with Crippen molar-refractivity contribution >= 4 is 11.6 Å². The highest BCUT2D eigenvalue weighted by molar-refractivity contribution is 5.54. The van der Waals surface area contributed by atoms with Crippen molar-refractivity contribution in [1.29, 1.82) is 0 Å². The van der Waals surface area contributed by atoms with E-state index in [4.69, 9.17) is 5.73 Å². The molecule has 0 saturated carbocycles. The van der Waals surface area contributed by atoms with Crippen molar-refractivity contribution in [2.24, 2.45) is 5.41 Å². The monoisotopic (exact) mass is 236 g/mol. The highest BCUT2D eigenvalue weighted by atomic mass is 15.1. The zero-order valence-electron chi connectivity index (χ0n) is 11.6. The lowest BCUT2D eigenvalue weighted by atomic mass is 9.97. The lowest BCUT2D eigenvalue weighted by Crippen LogP contribution is -2.21. The van der Waals surface area contributed by atoms with Crippen LogP contribution in [0.5, 0.6) is 0 Å². The first-order chi connectivity index (χ1) is 7.83. The summed E-state index contributed by atoms with van der Waals surface area (Å²) in [6, 6.07) is 0. The van der Waals surface area contributed by atoms with E-state index in [1.54, 1.807) is 0 Å². The van der Waals surface area contributed by atoms with Gasteiger partial charge in [-0.15, -0.1) is 0 Å². The molecule has 0 atom stereocenters. The van der Waals surface area contributed by atoms with Gasteiger partial charge in [-0.05, 0) is 18.8 Å². The topological polar surface area (TPSA) is 63.8 Å². The molecule has 0 amide bonds. The Morgan fingerprint density at radius 1 is 1.24 bits per heavy atom. The van der Waals surface area contributed by atoms with E-state index in [1.807, 2.05) is 6.92 Å². The third-order valence-corrected chi connectivity index (χ3v) is 2.49. The molecule has 0 unspecified atom stereocenters. The van der Waals surface area contributed by atoms with Crippen LogP contribution in [0.25, 0.3) is 0 Å². The average Bonchev–Trinajstić information content (AvgIpc) is 2.20. The van der Waals surface area contributed by atoms with Crippen molar-refractivity contribution in [3.8, 4) is 0 Å². The molecule has 96 valence electrons. The van der Waals surface area contributed by atoms with Gasteiger partial charge in [0.15, 0.2) is 0 Å². The van der Waals surface area contributed by atoms with Crippen molar-refractivity contribution in [1.82, 2.24) is 9.97 Å². The number of nitrogen functional groups attached to an aromatic ring is 1. The zero-order valence-corrected chi connectivity index (χ0v) is 11.6. The van der Waals surface area contributed by atoms with Gasteiger partial charge in [0.25, 0.3) is 0 Å². The molecule has 1 rings (SSSR count). The number of nitrogens with one attached hydrogen (secondary N) is 1. The summed E-state index contributed by atoms with van der Waals surface area (Å²) in [6.45, 7) is 11.5. The van der Waals surface area contributed by atoms with E-state index in [0.29, 0.717) is 5.82 Å². The SMILES string of the molecule is CCCc1nc(N)c(C)c(NCC(C)(C)C)n1. The maximum Gasteiger partial charge on any atom is 0.134 e. The summed E-state index contributed by atoms with van der Waals surface area (Å²) < 4.78 is 0. The molecule has 0 saturated heterocycles. The molecule has 1 aromatic heterocycles. The van der Waals surface area contributed by atoms with Crippen molar-refractivity contribution in [3.05, 3.63) is 11.4 Å². The van der Waals surface area contributed by atoms with Gasteiger partial charge in [-0.25, -0.2) is 9.97 Å². The smallest absolute Gasteiger partial charge is 0.134 e. The van der Waals surface area contributed by atoms with Crippen molar-refractivity contribution in [2.45, 2.75) is 47.5 Å². The summed E-state index contributed by atoms with van der Waals surface area (Å²) in [5.41, 5.74) is 7.06. The summed E-state index contributed by atoms with van der Waals surface area (Å²) in [7, 11) is 0. The van der Waals surface area contributed by atoms with E-state index in [9.17, 15) is 0 Å². The van der Waals surface area contributed by atoms with E-state index >= 15 is 0 Å². The van der Waals surface area contributed by atoms with Gasteiger partial charge in [0, 0.05) is 18.5 Å². The molecule has 0 fully saturated rings. The Kier molecular flexibility index (Phi) is 4.32. The fourth-order valence-corrected chi connectivity index (χ4v) is 1.44. The molecule has 0 aliphatic carbocycles. The number of aryl methyl sites for hydroxylation is 1. The van der Waals surface area contributed by atoms with E-state index in [-0.39, 0.29) is 5.41 Å². The summed E-state index contributed by atoms with van der Waals surface area (Å²) in [5.74, 6) is 2.28. The molecule has 4 heteroatoms. The number of aromatic nitrogens is 2. The van der Waals surface area contributed by atoms with Crippen LogP contribution in [0.2, 0.25) is 0 Å². The highest BCUT2D eigenvalue weighted by Gasteiger charge is 2.13. The zero-order chi connectivity index (χ0) is 13.1. The lowest BCUT2D eigenvalue weighted by molar-refractivity contribution is 0.442. The first kappa shape index (κ1) is 13.7. The minimum atomic E-state index is 0.219. The van der Waals surface area contributed by atoms with Crippen LogP contribution in [-0.4, -0.2) is 16.5 Å². The minimum absolute atomic E-state index is 0.219. The minimum Gasteiger partial charge on any atom is -0.383 e. The summed E-state index contributed by atoms with van der Waals surface area (Å²) in [4.78, 5) is 8.82. The molecule has 1 aromatic rings. The standard InChI is InChI=1S/C13H24N4/c1-6-7-10-16-11(14)9(2)12(17-10)15-8-13(3,4)5/h6-8H2,1-5H3,(H3,14,15,16,17). The van der Waals surface area contributed by atoms with Gasteiger partial charge in [0.05, 0.1) is 0 Å². The third kappa shape index (κ3) is 4.21.